The number of nitrogens with zero attached hydrogens (tertiary/aromatic N) is 1. The summed E-state index contributed by atoms with van der Waals surface area (Å²) >= 11 is 0. The second kappa shape index (κ2) is 5.71. The second-order valence-electron chi connectivity index (χ2n) is 3.84. The zero-order valence-electron chi connectivity index (χ0n) is 9.67. The summed E-state index contributed by atoms with van der Waals surface area (Å²) in [5.41, 5.74) is 3.05. The van der Waals surface area contributed by atoms with Crippen LogP contribution in [0.3, 0.4) is 0 Å². The van der Waals surface area contributed by atoms with Gasteiger partial charge in [0.2, 0.25) is 6.08 Å². The molecule has 18 heavy (non-hydrogen) atoms. The zero-order valence-corrected chi connectivity index (χ0v) is 9.67. The summed E-state index contributed by atoms with van der Waals surface area (Å²) in [6.07, 6.45) is 1.38. The van der Waals surface area contributed by atoms with Gasteiger partial charge in [-0.1, -0.05) is 54.6 Å². The Kier molecular flexibility index (Phi) is 3.79. The van der Waals surface area contributed by atoms with Gasteiger partial charge in [0.25, 0.3) is 5.91 Å². The summed E-state index contributed by atoms with van der Waals surface area (Å²) in [4.78, 5) is 24.1. The molecule has 0 spiro atoms. The van der Waals surface area contributed by atoms with E-state index in [0.717, 1.165) is 16.7 Å². The monoisotopic (exact) mass is 237 g/mol. The first-order chi connectivity index (χ1) is 8.79. The predicted molar refractivity (Wildman–Crippen MR) is 68.7 cm³/mol. The summed E-state index contributed by atoms with van der Waals surface area (Å²) in [5.74, 6) is -0.475. The molecule has 0 saturated carbocycles. The second-order valence-corrected chi connectivity index (χ2v) is 3.84. The molecule has 0 bridgehead atoms. The standard InChI is InChI=1S/C15H11NO2/c17-11-16-15(18)10-12-6-8-14(9-7-12)13-4-2-1-3-5-13/h1-9H,10H2. The van der Waals surface area contributed by atoms with Crippen LogP contribution < -0.4 is 0 Å². The lowest BCUT2D eigenvalue weighted by molar-refractivity contribution is -0.117. The van der Waals surface area contributed by atoms with Crippen LogP contribution in [0.4, 0.5) is 0 Å². The number of carbonyl (C=O) groups is 1. The molecule has 1 amide bonds. The Morgan fingerprint density at radius 1 is 0.944 bits per heavy atom. The quantitative estimate of drug-likeness (QED) is 0.608. The van der Waals surface area contributed by atoms with E-state index in [4.69, 9.17) is 0 Å². The number of benzene rings is 2. The minimum atomic E-state index is -0.475. The van der Waals surface area contributed by atoms with Crippen molar-refractivity contribution in [3.05, 3.63) is 60.2 Å². The minimum absolute atomic E-state index is 0.129. The summed E-state index contributed by atoms with van der Waals surface area (Å²) in [6.45, 7) is 0. The van der Waals surface area contributed by atoms with E-state index in [9.17, 15) is 9.59 Å². The van der Waals surface area contributed by atoms with Crippen LogP contribution in [0.5, 0.6) is 0 Å². The number of isocyanates is 1. The smallest absolute Gasteiger partial charge is 0.260 e. The van der Waals surface area contributed by atoms with Crippen molar-refractivity contribution in [1.29, 1.82) is 0 Å². The van der Waals surface area contributed by atoms with Crippen LogP contribution in [0.25, 0.3) is 11.1 Å². The number of aliphatic imine (C=N–C) groups is 1. The highest BCUT2D eigenvalue weighted by Gasteiger charge is 2.02. The zero-order chi connectivity index (χ0) is 12.8. The molecular formula is C15H11NO2. The van der Waals surface area contributed by atoms with Gasteiger partial charge in [0.1, 0.15) is 0 Å². The van der Waals surface area contributed by atoms with E-state index >= 15 is 0 Å². The van der Waals surface area contributed by atoms with Gasteiger partial charge >= 0.3 is 0 Å². The first kappa shape index (κ1) is 12.0. The molecule has 88 valence electrons. The molecule has 0 heterocycles. The summed E-state index contributed by atoms with van der Waals surface area (Å²) in [7, 11) is 0. The first-order valence-electron chi connectivity index (χ1n) is 5.54. The highest BCUT2D eigenvalue weighted by molar-refractivity contribution is 5.83. The van der Waals surface area contributed by atoms with Crippen molar-refractivity contribution >= 4 is 12.0 Å². The number of carbonyl (C=O) groups excluding carboxylic acids is 2. The molecule has 2 aromatic rings. The van der Waals surface area contributed by atoms with Gasteiger partial charge in [0.15, 0.2) is 0 Å². The van der Waals surface area contributed by atoms with Gasteiger partial charge < -0.3 is 0 Å². The molecular weight excluding hydrogens is 226 g/mol. The van der Waals surface area contributed by atoms with Crippen molar-refractivity contribution in [2.24, 2.45) is 4.99 Å². The molecule has 0 saturated heterocycles. The van der Waals surface area contributed by atoms with Crippen molar-refractivity contribution in [2.45, 2.75) is 6.42 Å². The Balaban J connectivity index is 2.16. The predicted octanol–water partition coefficient (Wildman–Crippen LogP) is 2.76. The van der Waals surface area contributed by atoms with Crippen LogP contribution in [-0.4, -0.2) is 12.0 Å². The maximum Gasteiger partial charge on any atom is 0.260 e. The third-order valence-corrected chi connectivity index (χ3v) is 2.59. The van der Waals surface area contributed by atoms with Crippen molar-refractivity contribution < 1.29 is 9.59 Å². The van der Waals surface area contributed by atoms with Crippen molar-refractivity contribution in [2.75, 3.05) is 0 Å². The van der Waals surface area contributed by atoms with E-state index in [0.29, 0.717) is 0 Å². The van der Waals surface area contributed by atoms with Gasteiger partial charge in [-0.15, -0.1) is 4.99 Å². The van der Waals surface area contributed by atoms with E-state index in [1.807, 2.05) is 54.6 Å². The topological polar surface area (TPSA) is 46.5 Å². The molecule has 3 nitrogen and oxygen atoms in total. The normalized spacial score (nSPS) is 9.56. The fourth-order valence-corrected chi connectivity index (χ4v) is 1.71. The van der Waals surface area contributed by atoms with Gasteiger partial charge in [0, 0.05) is 0 Å². The molecule has 2 rings (SSSR count). The van der Waals surface area contributed by atoms with Gasteiger partial charge in [-0.2, -0.15) is 0 Å². The summed E-state index contributed by atoms with van der Waals surface area (Å²) in [6, 6.07) is 17.6. The van der Waals surface area contributed by atoms with E-state index < -0.39 is 5.91 Å². The van der Waals surface area contributed by atoms with Gasteiger partial charge in [-0.25, -0.2) is 4.79 Å². The number of hydrogen-bond acceptors (Lipinski definition) is 2. The van der Waals surface area contributed by atoms with Gasteiger partial charge in [-0.3, -0.25) is 4.79 Å². The minimum Gasteiger partial charge on any atom is -0.271 e. The van der Waals surface area contributed by atoms with E-state index in [2.05, 4.69) is 4.99 Å². The molecule has 0 aliphatic rings. The molecule has 0 aromatic heterocycles. The maximum atomic E-state index is 11.1. The van der Waals surface area contributed by atoms with E-state index in [-0.39, 0.29) is 6.42 Å². The average molecular weight is 237 g/mol. The Bertz CT molecular complexity index is 582. The third-order valence-electron chi connectivity index (χ3n) is 2.59. The SMILES string of the molecule is O=C=NC(=O)Cc1ccc(-c2ccccc2)cc1. The van der Waals surface area contributed by atoms with Crippen molar-refractivity contribution in [1.82, 2.24) is 0 Å². The first-order valence-corrected chi connectivity index (χ1v) is 5.54. The lowest BCUT2D eigenvalue weighted by atomic mass is 10.0. The summed E-state index contributed by atoms with van der Waals surface area (Å²) < 4.78 is 0. The largest absolute Gasteiger partial charge is 0.271 e. The molecule has 0 N–H and O–H groups in total. The lowest BCUT2D eigenvalue weighted by Crippen LogP contribution is -1.98. The fourth-order valence-electron chi connectivity index (χ4n) is 1.71. The van der Waals surface area contributed by atoms with Crippen LogP contribution >= 0.6 is 0 Å². The van der Waals surface area contributed by atoms with Crippen LogP contribution in [0.15, 0.2) is 59.6 Å². The number of amides is 1. The van der Waals surface area contributed by atoms with Gasteiger partial charge in [-0.05, 0) is 16.7 Å². The Labute approximate surface area is 105 Å². The Morgan fingerprint density at radius 3 is 2.17 bits per heavy atom. The fraction of sp³-hybridized carbons (Fsp3) is 0.0667. The molecule has 3 heteroatoms. The van der Waals surface area contributed by atoms with Crippen LogP contribution in [-0.2, 0) is 16.0 Å². The molecule has 0 radical (unpaired) electrons. The molecule has 0 atom stereocenters. The van der Waals surface area contributed by atoms with Crippen LogP contribution in [0.1, 0.15) is 5.56 Å². The third kappa shape index (κ3) is 3.00. The average Bonchev–Trinajstić information content (AvgIpc) is 2.41. The highest BCUT2D eigenvalue weighted by atomic mass is 16.2. The van der Waals surface area contributed by atoms with E-state index in [1.54, 1.807) is 0 Å². The molecule has 2 aromatic carbocycles. The molecule has 0 fully saturated rings. The van der Waals surface area contributed by atoms with Crippen LogP contribution in [0.2, 0.25) is 0 Å². The lowest BCUT2D eigenvalue weighted by Gasteiger charge is -2.02. The number of rotatable bonds is 3. The van der Waals surface area contributed by atoms with Crippen molar-refractivity contribution in [3.8, 4) is 11.1 Å². The molecule has 0 aliphatic carbocycles. The number of hydrogen-bond donors (Lipinski definition) is 0. The summed E-state index contributed by atoms with van der Waals surface area (Å²) in [5, 5.41) is 0. The maximum absolute atomic E-state index is 11.1. The molecule has 0 aliphatic heterocycles. The Morgan fingerprint density at radius 2 is 1.56 bits per heavy atom. The van der Waals surface area contributed by atoms with Crippen LogP contribution in [0, 0.1) is 0 Å². The Hall–Kier alpha value is -2.51. The van der Waals surface area contributed by atoms with Crippen molar-refractivity contribution in [3.63, 3.8) is 0 Å². The molecule has 0 unspecified atom stereocenters. The van der Waals surface area contributed by atoms with Gasteiger partial charge in [0.05, 0.1) is 6.42 Å². The highest BCUT2D eigenvalue weighted by Crippen LogP contribution is 2.19. The van der Waals surface area contributed by atoms with E-state index in [1.165, 1.54) is 6.08 Å².